The zero-order valence-corrected chi connectivity index (χ0v) is 12.2. The van der Waals surface area contributed by atoms with E-state index in [1.807, 2.05) is 6.92 Å². The Hall–Kier alpha value is -0.950. The molecule has 1 unspecified atom stereocenters. The summed E-state index contributed by atoms with van der Waals surface area (Å²) in [5.41, 5.74) is 6.39. The predicted octanol–water partition coefficient (Wildman–Crippen LogP) is 1.24. The van der Waals surface area contributed by atoms with E-state index in [4.69, 9.17) is 10.5 Å². The van der Waals surface area contributed by atoms with Crippen molar-refractivity contribution in [2.75, 3.05) is 13.7 Å². The molecular formula is C13H22N2O3S. The van der Waals surface area contributed by atoms with Crippen LogP contribution in [0.2, 0.25) is 0 Å². The lowest BCUT2D eigenvalue weighted by Crippen LogP contribution is -2.37. The molecule has 0 saturated carbocycles. The van der Waals surface area contributed by atoms with E-state index in [0.29, 0.717) is 13.2 Å². The summed E-state index contributed by atoms with van der Waals surface area (Å²) in [6, 6.07) is 6.38. The van der Waals surface area contributed by atoms with Gasteiger partial charge in [-0.15, -0.1) is 0 Å². The van der Waals surface area contributed by atoms with Crippen LogP contribution in [0, 0.1) is 0 Å². The van der Waals surface area contributed by atoms with Gasteiger partial charge in [0.1, 0.15) is 0 Å². The zero-order valence-electron chi connectivity index (χ0n) is 11.4. The second-order valence-corrected chi connectivity index (χ2v) is 6.12. The summed E-state index contributed by atoms with van der Waals surface area (Å²) in [6.45, 7) is 2.77. The van der Waals surface area contributed by atoms with Crippen LogP contribution in [-0.2, 0) is 21.3 Å². The van der Waals surface area contributed by atoms with E-state index in [-0.39, 0.29) is 10.9 Å². The minimum Gasteiger partial charge on any atom is -0.383 e. The molecule has 0 radical (unpaired) electrons. The summed E-state index contributed by atoms with van der Waals surface area (Å²) >= 11 is 0. The Bertz CT molecular complexity index is 465. The van der Waals surface area contributed by atoms with Crippen molar-refractivity contribution in [1.82, 2.24) is 4.72 Å². The van der Waals surface area contributed by atoms with Crippen LogP contribution in [0.5, 0.6) is 0 Å². The van der Waals surface area contributed by atoms with E-state index in [0.717, 1.165) is 18.4 Å². The van der Waals surface area contributed by atoms with E-state index in [1.165, 1.54) is 0 Å². The number of hydrogen-bond donors (Lipinski definition) is 2. The molecule has 0 bridgehead atoms. The van der Waals surface area contributed by atoms with Crippen molar-refractivity contribution < 1.29 is 13.2 Å². The Morgan fingerprint density at radius 2 is 1.95 bits per heavy atom. The van der Waals surface area contributed by atoms with Gasteiger partial charge in [-0.3, -0.25) is 0 Å². The van der Waals surface area contributed by atoms with Crippen molar-refractivity contribution in [2.24, 2.45) is 5.73 Å². The molecule has 6 heteroatoms. The third-order valence-corrected chi connectivity index (χ3v) is 4.33. The van der Waals surface area contributed by atoms with Gasteiger partial charge >= 0.3 is 0 Å². The second kappa shape index (κ2) is 7.59. The predicted molar refractivity (Wildman–Crippen MR) is 75.2 cm³/mol. The van der Waals surface area contributed by atoms with Crippen LogP contribution < -0.4 is 10.5 Å². The average Bonchev–Trinajstić information content (AvgIpc) is 2.39. The Labute approximate surface area is 115 Å². The average molecular weight is 286 g/mol. The summed E-state index contributed by atoms with van der Waals surface area (Å²) in [5, 5.41) is 0. The van der Waals surface area contributed by atoms with Crippen LogP contribution in [-0.4, -0.2) is 28.2 Å². The van der Waals surface area contributed by atoms with Gasteiger partial charge in [0.05, 0.1) is 11.5 Å². The maximum absolute atomic E-state index is 12.2. The summed E-state index contributed by atoms with van der Waals surface area (Å²) in [5.74, 6) is 0. The molecule has 0 heterocycles. The summed E-state index contributed by atoms with van der Waals surface area (Å²) in [7, 11) is -1.94. The first-order valence-corrected chi connectivity index (χ1v) is 7.82. The van der Waals surface area contributed by atoms with E-state index in [9.17, 15) is 8.42 Å². The quantitative estimate of drug-likeness (QED) is 0.753. The maximum Gasteiger partial charge on any atom is 0.240 e. The third kappa shape index (κ3) is 4.91. The van der Waals surface area contributed by atoms with Crippen molar-refractivity contribution >= 4 is 10.0 Å². The van der Waals surface area contributed by atoms with Gasteiger partial charge in [-0.2, -0.15) is 0 Å². The summed E-state index contributed by atoms with van der Waals surface area (Å²) in [4.78, 5) is 0.252. The van der Waals surface area contributed by atoms with Gasteiger partial charge in [0, 0.05) is 19.7 Å². The molecule has 0 saturated heterocycles. The second-order valence-electron chi connectivity index (χ2n) is 4.41. The highest BCUT2D eigenvalue weighted by atomic mass is 32.2. The fraction of sp³-hybridized carbons (Fsp3) is 0.538. The highest BCUT2D eigenvalue weighted by molar-refractivity contribution is 7.89. The number of rotatable bonds is 8. The zero-order chi connectivity index (χ0) is 14.3. The Kier molecular flexibility index (Phi) is 6.44. The molecule has 5 nitrogen and oxygen atoms in total. The van der Waals surface area contributed by atoms with E-state index in [1.54, 1.807) is 31.4 Å². The molecule has 108 valence electrons. The van der Waals surface area contributed by atoms with Gasteiger partial charge in [0.2, 0.25) is 10.0 Å². The summed E-state index contributed by atoms with van der Waals surface area (Å²) < 4.78 is 32.1. The molecule has 0 aromatic heterocycles. The van der Waals surface area contributed by atoms with Gasteiger partial charge in [-0.25, -0.2) is 13.1 Å². The van der Waals surface area contributed by atoms with Crippen molar-refractivity contribution in [1.29, 1.82) is 0 Å². The number of sulfonamides is 1. The van der Waals surface area contributed by atoms with Gasteiger partial charge in [-0.1, -0.05) is 25.5 Å². The molecule has 19 heavy (non-hydrogen) atoms. The molecule has 0 fully saturated rings. The van der Waals surface area contributed by atoms with Crippen LogP contribution in [0.25, 0.3) is 0 Å². The molecule has 1 aromatic carbocycles. The highest BCUT2D eigenvalue weighted by Gasteiger charge is 2.19. The fourth-order valence-electron chi connectivity index (χ4n) is 1.82. The van der Waals surface area contributed by atoms with Crippen molar-refractivity contribution in [3.05, 3.63) is 29.8 Å². The molecule has 0 amide bonds. The topological polar surface area (TPSA) is 81.4 Å². The first-order chi connectivity index (χ1) is 9.03. The number of nitrogens with two attached hydrogens (primary N) is 1. The summed E-state index contributed by atoms with van der Waals surface area (Å²) in [6.07, 6.45) is 1.64. The largest absolute Gasteiger partial charge is 0.383 e. The number of ether oxygens (including phenoxy) is 1. The lowest BCUT2D eigenvalue weighted by molar-refractivity contribution is 0.171. The maximum atomic E-state index is 12.2. The first-order valence-electron chi connectivity index (χ1n) is 6.33. The fourth-order valence-corrected chi connectivity index (χ4v) is 3.07. The van der Waals surface area contributed by atoms with Crippen molar-refractivity contribution in [2.45, 2.75) is 37.2 Å². The van der Waals surface area contributed by atoms with Crippen LogP contribution in [0.4, 0.5) is 0 Å². The number of benzene rings is 1. The normalized spacial score (nSPS) is 13.4. The molecule has 1 aromatic rings. The molecule has 0 aliphatic rings. The van der Waals surface area contributed by atoms with Gasteiger partial charge < -0.3 is 10.5 Å². The number of hydrogen-bond acceptors (Lipinski definition) is 4. The first kappa shape index (κ1) is 16.1. The molecule has 0 spiro atoms. The molecule has 3 N–H and O–H groups in total. The third-order valence-electron chi connectivity index (χ3n) is 2.80. The van der Waals surface area contributed by atoms with Gasteiger partial charge in [0.15, 0.2) is 0 Å². The van der Waals surface area contributed by atoms with E-state index >= 15 is 0 Å². The lowest BCUT2D eigenvalue weighted by Gasteiger charge is -2.17. The van der Waals surface area contributed by atoms with Crippen molar-refractivity contribution in [3.8, 4) is 0 Å². The van der Waals surface area contributed by atoms with Crippen LogP contribution in [0.3, 0.4) is 0 Å². The van der Waals surface area contributed by atoms with Gasteiger partial charge in [0.25, 0.3) is 0 Å². The molecular weight excluding hydrogens is 264 g/mol. The molecule has 0 aliphatic carbocycles. The van der Waals surface area contributed by atoms with Crippen molar-refractivity contribution in [3.63, 3.8) is 0 Å². The number of methoxy groups -OCH3 is 1. The SMILES string of the molecule is CCCC(COC)NS(=O)(=O)c1ccc(CN)cc1. The Morgan fingerprint density at radius 1 is 1.32 bits per heavy atom. The molecule has 0 aliphatic heterocycles. The Balaban J connectivity index is 2.83. The number of nitrogens with one attached hydrogen (secondary N) is 1. The molecule has 1 rings (SSSR count). The monoisotopic (exact) mass is 286 g/mol. The lowest BCUT2D eigenvalue weighted by atomic mass is 10.2. The van der Waals surface area contributed by atoms with Crippen LogP contribution in [0.15, 0.2) is 29.2 Å². The minimum atomic E-state index is -3.50. The van der Waals surface area contributed by atoms with Crippen LogP contribution in [0.1, 0.15) is 25.3 Å². The van der Waals surface area contributed by atoms with E-state index < -0.39 is 10.0 Å². The Morgan fingerprint density at radius 3 is 2.42 bits per heavy atom. The van der Waals surface area contributed by atoms with E-state index in [2.05, 4.69) is 4.72 Å². The minimum absolute atomic E-state index is 0.200. The smallest absolute Gasteiger partial charge is 0.240 e. The highest BCUT2D eigenvalue weighted by Crippen LogP contribution is 2.12. The molecule has 1 atom stereocenters. The van der Waals surface area contributed by atoms with Gasteiger partial charge in [-0.05, 0) is 24.1 Å². The standard InChI is InChI=1S/C13H22N2O3S/c1-3-4-12(10-18-2)15-19(16,17)13-7-5-11(9-14)6-8-13/h5-8,12,15H,3-4,9-10,14H2,1-2H3. The van der Waals surface area contributed by atoms with Crippen LogP contribution >= 0.6 is 0 Å².